The minimum atomic E-state index is -0.139. The van der Waals surface area contributed by atoms with Gasteiger partial charge < -0.3 is 14.8 Å². The Bertz CT molecular complexity index is 515. The molecule has 0 saturated carbocycles. The molecule has 1 aromatic heterocycles. The molecule has 6 heteroatoms. The lowest BCUT2D eigenvalue weighted by molar-refractivity contribution is -0.128. The number of hydrogen-bond acceptors (Lipinski definition) is 5. The maximum absolute atomic E-state index is 11.8. The average Bonchev–Trinajstić information content (AvgIpc) is 3.01. The highest BCUT2D eigenvalue weighted by molar-refractivity contribution is 5.77. The third kappa shape index (κ3) is 4.24. The van der Waals surface area contributed by atoms with Crippen LogP contribution in [0.2, 0.25) is 0 Å². The lowest BCUT2D eigenvalue weighted by Gasteiger charge is -2.22. The zero-order valence-corrected chi connectivity index (χ0v) is 12.8. The summed E-state index contributed by atoms with van der Waals surface area (Å²) < 4.78 is 11.0. The Labute approximate surface area is 130 Å². The van der Waals surface area contributed by atoms with Gasteiger partial charge in [0.25, 0.3) is 0 Å². The molecule has 1 aromatic rings. The molecule has 0 aromatic carbocycles. The Morgan fingerprint density at radius 3 is 3.18 bits per heavy atom. The minimum Gasteiger partial charge on any atom is -0.376 e. The van der Waals surface area contributed by atoms with Gasteiger partial charge in [-0.2, -0.15) is 0 Å². The van der Waals surface area contributed by atoms with Crippen LogP contribution in [0.15, 0.2) is 6.20 Å². The number of nitrogens with one attached hydrogen (secondary N) is 1. The molecule has 1 aliphatic heterocycles. The van der Waals surface area contributed by atoms with Gasteiger partial charge >= 0.3 is 0 Å². The van der Waals surface area contributed by atoms with Gasteiger partial charge in [-0.15, -0.1) is 0 Å². The molecule has 0 bridgehead atoms. The second kappa shape index (κ2) is 7.65. The van der Waals surface area contributed by atoms with E-state index in [9.17, 15) is 4.79 Å². The number of nitrogens with zero attached hydrogens (tertiary/aromatic N) is 2. The SMILES string of the molecule is O=C(COCC1CCCCO1)NCc1ncc2c(n1)CCC2. The summed E-state index contributed by atoms with van der Waals surface area (Å²) in [5, 5.41) is 2.80. The van der Waals surface area contributed by atoms with Crippen LogP contribution in [0.25, 0.3) is 0 Å². The van der Waals surface area contributed by atoms with E-state index in [0.29, 0.717) is 19.0 Å². The molecule has 1 N–H and O–H groups in total. The van der Waals surface area contributed by atoms with Crippen molar-refractivity contribution in [2.75, 3.05) is 19.8 Å². The van der Waals surface area contributed by atoms with E-state index >= 15 is 0 Å². The fraction of sp³-hybridized carbons (Fsp3) is 0.688. The van der Waals surface area contributed by atoms with Crippen molar-refractivity contribution in [3.63, 3.8) is 0 Å². The van der Waals surface area contributed by atoms with Crippen molar-refractivity contribution >= 4 is 5.91 Å². The molecule has 2 heterocycles. The Balaban J connectivity index is 1.35. The lowest BCUT2D eigenvalue weighted by Crippen LogP contribution is -2.31. The zero-order valence-electron chi connectivity index (χ0n) is 12.8. The third-order valence-corrected chi connectivity index (χ3v) is 4.12. The summed E-state index contributed by atoms with van der Waals surface area (Å²) in [5.74, 6) is 0.532. The van der Waals surface area contributed by atoms with E-state index in [1.165, 1.54) is 12.0 Å². The number of carbonyl (C=O) groups is 1. The van der Waals surface area contributed by atoms with Crippen molar-refractivity contribution in [2.24, 2.45) is 0 Å². The van der Waals surface area contributed by atoms with Crippen LogP contribution in [0.5, 0.6) is 0 Å². The van der Waals surface area contributed by atoms with Gasteiger partial charge in [-0.25, -0.2) is 9.97 Å². The van der Waals surface area contributed by atoms with Crippen molar-refractivity contribution in [1.29, 1.82) is 0 Å². The van der Waals surface area contributed by atoms with Crippen molar-refractivity contribution in [3.8, 4) is 0 Å². The first-order chi connectivity index (χ1) is 10.8. The second-order valence-electron chi connectivity index (χ2n) is 5.89. The van der Waals surface area contributed by atoms with Crippen LogP contribution in [0.4, 0.5) is 0 Å². The zero-order chi connectivity index (χ0) is 15.2. The van der Waals surface area contributed by atoms with Crippen LogP contribution in [-0.2, 0) is 33.7 Å². The second-order valence-corrected chi connectivity index (χ2v) is 5.89. The first kappa shape index (κ1) is 15.4. The summed E-state index contributed by atoms with van der Waals surface area (Å²) >= 11 is 0. The number of rotatable bonds is 6. The highest BCUT2D eigenvalue weighted by atomic mass is 16.5. The molecule has 22 heavy (non-hydrogen) atoms. The van der Waals surface area contributed by atoms with E-state index in [0.717, 1.165) is 44.4 Å². The summed E-state index contributed by atoms with van der Waals surface area (Å²) in [6.45, 7) is 1.71. The number of carbonyl (C=O) groups excluding carboxylic acids is 1. The number of amides is 1. The molecule has 2 aliphatic rings. The van der Waals surface area contributed by atoms with E-state index < -0.39 is 0 Å². The highest BCUT2D eigenvalue weighted by Gasteiger charge is 2.15. The Kier molecular flexibility index (Phi) is 5.34. The summed E-state index contributed by atoms with van der Waals surface area (Å²) in [5.41, 5.74) is 2.37. The average molecular weight is 305 g/mol. The number of aromatic nitrogens is 2. The Morgan fingerprint density at radius 2 is 2.32 bits per heavy atom. The number of aryl methyl sites for hydroxylation is 2. The fourth-order valence-electron chi connectivity index (χ4n) is 2.89. The molecular formula is C16H23N3O3. The van der Waals surface area contributed by atoms with E-state index in [-0.39, 0.29) is 18.6 Å². The third-order valence-electron chi connectivity index (χ3n) is 4.12. The molecule has 1 aliphatic carbocycles. The molecule has 1 saturated heterocycles. The molecule has 1 fully saturated rings. The summed E-state index contributed by atoms with van der Waals surface area (Å²) in [7, 11) is 0. The standard InChI is InChI=1S/C16H23N3O3/c20-16(11-21-10-13-5-1-2-7-22-13)18-9-15-17-8-12-4-3-6-14(12)19-15/h8,13H,1-7,9-11H2,(H,18,20). The predicted molar refractivity (Wildman–Crippen MR) is 80.3 cm³/mol. The Morgan fingerprint density at radius 1 is 1.36 bits per heavy atom. The van der Waals surface area contributed by atoms with Crippen LogP contribution in [0.3, 0.4) is 0 Å². The van der Waals surface area contributed by atoms with Crippen molar-refractivity contribution < 1.29 is 14.3 Å². The van der Waals surface area contributed by atoms with Gasteiger partial charge in [0, 0.05) is 18.5 Å². The fourth-order valence-corrected chi connectivity index (χ4v) is 2.89. The van der Waals surface area contributed by atoms with E-state index in [1.54, 1.807) is 0 Å². The molecule has 6 nitrogen and oxygen atoms in total. The van der Waals surface area contributed by atoms with Crippen LogP contribution < -0.4 is 5.32 Å². The highest BCUT2D eigenvalue weighted by Crippen LogP contribution is 2.18. The summed E-state index contributed by atoms with van der Waals surface area (Å²) in [6, 6.07) is 0. The largest absolute Gasteiger partial charge is 0.376 e. The Hall–Kier alpha value is -1.53. The molecule has 1 atom stereocenters. The molecular weight excluding hydrogens is 282 g/mol. The molecule has 0 spiro atoms. The van der Waals surface area contributed by atoms with Crippen LogP contribution in [-0.4, -0.2) is 41.8 Å². The number of hydrogen-bond donors (Lipinski definition) is 1. The van der Waals surface area contributed by atoms with Gasteiger partial charge in [-0.1, -0.05) is 0 Å². The maximum Gasteiger partial charge on any atom is 0.246 e. The van der Waals surface area contributed by atoms with Gasteiger partial charge in [0.2, 0.25) is 5.91 Å². The summed E-state index contributed by atoms with van der Waals surface area (Å²) in [6.07, 6.45) is 8.58. The van der Waals surface area contributed by atoms with Crippen LogP contribution >= 0.6 is 0 Å². The molecule has 1 unspecified atom stereocenters. The van der Waals surface area contributed by atoms with Crippen LogP contribution in [0, 0.1) is 0 Å². The first-order valence-corrected chi connectivity index (χ1v) is 8.11. The molecule has 1 amide bonds. The molecule has 0 radical (unpaired) electrons. The van der Waals surface area contributed by atoms with Gasteiger partial charge in [-0.05, 0) is 44.1 Å². The van der Waals surface area contributed by atoms with E-state index in [1.807, 2.05) is 6.20 Å². The van der Waals surface area contributed by atoms with Gasteiger partial charge in [0.15, 0.2) is 0 Å². The molecule has 120 valence electrons. The predicted octanol–water partition coefficient (Wildman–Crippen LogP) is 1.17. The smallest absolute Gasteiger partial charge is 0.246 e. The number of fused-ring (bicyclic) bond motifs is 1. The van der Waals surface area contributed by atoms with Gasteiger partial charge in [-0.3, -0.25) is 4.79 Å². The molecule has 3 rings (SSSR count). The van der Waals surface area contributed by atoms with Gasteiger partial charge in [0.05, 0.1) is 19.3 Å². The van der Waals surface area contributed by atoms with Crippen molar-refractivity contribution in [3.05, 3.63) is 23.3 Å². The van der Waals surface area contributed by atoms with Crippen LogP contribution in [0.1, 0.15) is 42.8 Å². The van der Waals surface area contributed by atoms with E-state index in [2.05, 4.69) is 15.3 Å². The van der Waals surface area contributed by atoms with Crippen molar-refractivity contribution in [1.82, 2.24) is 15.3 Å². The summed E-state index contributed by atoms with van der Waals surface area (Å²) in [4.78, 5) is 20.5. The quantitative estimate of drug-likeness (QED) is 0.854. The monoisotopic (exact) mass is 305 g/mol. The maximum atomic E-state index is 11.8. The lowest BCUT2D eigenvalue weighted by atomic mass is 10.1. The van der Waals surface area contributed by atoms with E-state index in [4.69, 9.17) is 9.47 Å². The minimum absolute atomic E-state index is 0.0603. The topological polar surface area (TPSA) is 73.3 Å². The van der Waals surface area contributed by atoms with Gasteiger partial charge in [0.1, 0.15) is 12.4 Å². The normalized spacial score (nSPS) is 20.6. The van der Waals surface area contributed by atoms with Crippen molar-refractivity contribution in [2.45, 2.75) is 51.2 Å². The first-order valence-electron chi connectivity index (χ1n) is 8.11. The number of ether oxygens (including phenoxy) is 2.